The van der Waals surface area contributed by atoms with Crippen molar-refractivity contribution in [2.24, 2.45) is 11.7 Å². The van der Waals surface area contributed by atoms with Crippen LogP contribution in [0.3, 0.4) is 0 Å². The predicted octanol–water partition coefficient (Wildman–Crippen LogP) is 1.87. The summed E-state index contributed by atoms with van der Waals surface area (Å²) in [5.74, 6) is 0.260. The Morgan fingerprint density at radius 2 is 2.17 bits per heavy atom. The fourth-order valence-electron chi connectivity index (χ4n) is 2.62. The summed E-state index contributed by atoms with van der Waals surface area (Å²) in [6.45, 7) is 4.40. The van der Waals surface area contributed by atoms with Gasteiger partial charge in [0.2, 0.25) is 0 Å². The third kappa shape index (κ3) is 3.45. The number of aliphatic hydroxyl groups is 1. The van der Waals surface area contributed by atoms with Crippen LogP contribution in [0.4, 0.5) is 0 Å². The van der Waals surface area contributed by atoms with Crippen LogP contribution in [-0.2, 0) is 6.54 Å². The first-order valence-corrected chi connectivity index (χ1v) is 6.83. The Bertz CT molecular complexity index is 397. The number of rotatable bonds is 3. The highest BCUT2D eigenvalue weighted by atomic mass is 35.5. The molecule has 0 amide bonds. The molecular formula is C14H21ClN2O. The van der Waals surface area contributed by atoms with Crippen LogP contribution in [0.15, 0.2) is 24.3 Å². The highest BCUT2D eigenvalue weighted by Crippen LogP contribution is 2.23. The molecule has 1 aromatic carbocycles. The van der Waals surface area contributed by atoms with Crippen molar-refractivity contribution in [3.8, 4) is 0 Å². The van der Waals surface area contributed by atoms with Gasteiger partial charge in [-0.25, -0.2) is 0 Å². The van der Waals surface area contributed by atoms with Gasteiger partial charge in [0.05, 0.1) is 6.10 Å². The molecule has 18 heavy (non-hydrogen) atoms. The molecule has 3 nitrogen and oxygen atoms in total. The highest BCUT2D eigenvalue weighted by molar-refractivity contribution is 6.31. The van der Waals surface area contributed by atoms with Crippen LogP contribution in [0.25, 0.3) is 0 Å². The Morgan fingerprint density at radius 1 is 1.44 bits per heavy atom. The quantitative estimate of drug-likeness (QED) is 0.880. The van der Waals surface area contributed by atoms with E-state index >= 15 is 0 Å². The second kappa shape index (κ2) is 6.02. The summed E-state index contributed by atoms with van der Waals surface area (Å²) in [5, 5.41) is 10.5. The molecule has 4 heteroatoms. The van der Waals surface area contributed by atoms with Crippen LogP contribution < -0.4 is 5.73 Å². The summed E-state index contributed by atoms with van der Waals surface area (Å²) in [4.78, 5) is 2.28. The van der Waals surface area contributed by atoms with Crippen molar-refractivity contribution in [3.05, 3.63) is 34.9 Å². The lowest BCUT2D eigenvalue weighted by Crippen LogP contribution is -2.49. The summed E-state index contributed by atoms with van der Waals surface area (Å²) < 4.78 is 0. The average molecular weight is 269 g/mol. The minimum absolute atomic E-state index is 0.140. The summed E-state index contributed by atoms with van der Waals surface area (Å²) in [5.41, 5.74) is 7.18. The molecule has 0 aliphatic carbocycles. The first-order valence-electron chi connectivity index (χ1n) is 6.45. The summed E-state index contributed by atoms with van der Waals surface area (Å²) >= 11 is 6.17. The topological polar surface area (TPSA) is 49.5 Å². The zero-order valence-corrected chi connectivity index (χ0v) is 11.5. The van der Waals surface area contributed by atoms with Crippen molar-refractivity contribution >= 4 is 11.6 Å². The van der Waals surface area contributed by atoms with Gasteiger partial charge in [-0.15, -0.1) is 0 Å². The number of nitrogens with two attached hydrogens (primary N) is 1. The summed E-state index contributed by atoms with van der Waals surface area (Å²) in [6, 6.07) is 8.02. The van der Waals surface area contributed by atoms with Crippen molar-refractivity contribution in [1.29, 1.82) is 0 Å². The fraction of sp³-hybridized carbons (Fsp3) is 0.571. The molecule has 2 rings (SSSR count). The molecule has 0 radical (unpaired) electrons. The molecule has 1 fully saturated rings. The monoisotopic (exact) mass is 268 g/mol. The van der Waals surface area contributed by atoms with E-state index < -0.39 is 0 Å². The van der Waals surface area contributed by atoms with E-state index in [1.807, 2.05) is 31.2 Å². The maximum absolute atomic E-state index is 9.73. The molecule has 1 aliphatic rings. The highest BCUT2D eigenvalue weighted by Gasteiger charge is 2.28. The number of hydrogen-bond donors (Lipinski definition) is 2. The number of piperidine rings is 1. The van der Waals surface area contributed by atoms with E-state index in [-0.39, 0.29) is 18.1 Å². The molecule has 3 unspecified atom stereocenters. The van der Waals surface area contributed by atoms with Crippen molar-refractivity contribution in [2.45, 2.75) is 32.0 Å². The first-order chi connectivity index (χ1) is 8.56. The SMILES string of the molecule is CC(O)C1CC(N)CN(Cc2ccccc2Cl)C1. The fourth-order valence-corrected chi connectivity index (χ4v) is 2.82. The average Bonchev–Trinajstić information content (AvgIpc) is 2.31. The molecule has 1 heterocycles. The molecule has 3 atom stereocenters. The standard InChI is InChI=1S/C14H21ClN2O/c1-10(18)12-6-13(16)9-17(8-12)7-11-4-2-3-5-14(11)15/h2-5,10,12-13,18H,6-9,16H2,1H3. The number of benzene rings is 1. The third-order valence-corrected chi connectivity index (χ3v) is 3.99. The van der Waals surface area contributed by atoms with Crippen LogP contribution in [0, 0.1) is 5.92 Å². The van der Waals surface area contributed by atoms with Crippen LogP contribution >= 0.6 is 11.6 Å². The Balaban J connectivity index is 2.03. The van der Waals surface area contributed by atoms with Crippen molar-refractivity contribution < 1.29 is 5.11 Å². The lowest BCUT2D eigenvalue weighted by atomic mass is 9.90. The van der Waals surface area contributed by atoms with E-state index in [1.54, 1.807) is 0 Å². The lowest BCUT2D eigenvalue weighted by molar-refractivity contribution is 0.0517. The largest absolute Gasteiger partial charge is 0.393 e. The van der Waals surface area contributed by atoms with Crippen LogP contribution in [0.2, 0.25) is 5.02 Å². The van der Waals surface area contributed by atoms with Gasteiger partial charge < -0.3 is 10.8 Å². The zero-order chi connectivity index (χ0) is 13.1. The number of likely N-dealkylation sites (tertiary alicyclic amines) is 1. The number of hydrogen-bond acceptors (Lipinski definition) is 3. The van der Waals surface area contributed by atoms with Gasteiger partial charge in [0.25, 0.3) is 0 Å². The first kappa shape index (κ1) is 13.8. The minimum atomic E-state index is -0.301. The van der Waals surface area contributed by atoms with E-state index in [0.29, 0.717) is 0 Å². The van der Waals surface area contributed by atoms with Crippen LogP contribution in [0.1, 0.15) is 18.9 Å². The summed E-state index contributed by atoms with van der Waals surface area (Å²) in [7, 11) is 0. The van der Waals surface area contributed by atoms with E-state index in [1.165, 1.54) is 0 Å². The smallest absolute Gasteiger partial charge is 0.0553 e. The van der Waals surface area contributed by atoms with Gasteiger partial charge in [-0.05, 0) is 30.9 Å². The zero-order valence-electron chi connectivity index (χ0n) is 10.7. The molecule has 3 N–H and O–H groups in total. The second-order valence-corrected chi connectivity index (χ2v) is 5.69. The molecule has 0 aromatic heterocycles. The van der Waals surface area contributed by atoms with Gasteiger partial charge in [-0.1, -0.05) is 29.8 Å². The number of halogens is 1. The number of nitrogens with zero attached hydrogens (tertiary/aromatic N) is 1. The van der Waals surface area contributed by atoms with E-state index in [2.05, 4.69) is 4.90 Å². The van der Waals surface area contributed by atoms with E-state index in [9.17, 15) is 5.11 Å². The lowest BCUT2D eigenvalue weighted by Gasteiger charge is -2.37. The number of aliphatic hydroxyl groups excluding tert-OH is 1. The molecular weight excluding hydrogens is 248 g/mol. The minimum Gasteiger partial charge on any atom is -0.393 e. The molecule has 100 valence electrons. The second-order valence-electron chi connectivity index (χ2n) is 5.28. The predicted molar refractivity (Wildman–Crippen MR) is 74.5 cm³/mol. The third-order valence-electron chi connectivity index (χ3n) is 3.62. The normalized spacial score (nSPS) is 27.1. The van der Waals surface area contributed by atoms with Crippen LogP contribution in [0.5, 0.6) is 0 Å². The molecule has 1 aliphatic heterocycles. The van der Waals surface area contributed by atoms with E-state index in [4.69, 9.17) is 17.3 Å². The van der Waals surface area contributed by atoms with Gasteiger partial charge >= 0.3 is 0 Å². The Morgan fingerprint density at radius 3 is 2.83 bits per heavy atom. The molecule has 1 saturated heterocycles. The maximum atomic E-state index is 9.73. The van der Waals surface area contributed by atoms with Gasteiger partial charge in [0, 0.05) is 30.7 Å². The van der Waals surface area contributed by atoms with Crippen molar-refractivity contribution in [1.82, 2.24) is 4.90 Å². The Hall–Kier alpha value is -0.610. The van der Waals surface area contributed by atoms with E-state index in [0.717, 1.165) is 36.6 Å². The maximum Gasteiger partial charge on any atom is 0.0553 e. The van der Waals surface area contributed by atoms with Gasteiger partial charge in [-0.2, -0.15) is 0 Å². The Kier molecular flexibility index (Phi) is 4.62. The molecule has 0 bridgehead atoms. The van der Waals surface area contributed by atoms with Crippen molar-refractivity contribution in [3.63, 3.8) is 0 Å². The van der Waals surface area contributed by atoms with Crippen LogP contribution in [-0.4, -0.2) is 35.2 Å². The van der Waals surface area contributed by atoms with Gasteiger partial charge in [-0.3, -0.25) is 4.90 Å². The van der Waals surface area contributed by atoms with Gasteiger partial charge in [0.15, 0.2) is 0 Å². The van der Waals surface area contributed by atoms with Crippen molar-refractivity contribution in [2.75, 3.05) is 13.1 Å². The molecule has 1 aromatic rings. The molecule has 0 saturated carbocycles. The Labute approximate surface area is 114 Å². The van der Waals surface area contributed by atoms with Gasteiger partial charge in [0.1, 0.15) is 0 Å². The summed E-state index contributed by atoms with van der Waals surface area (Å²) in [6.07, 6.45) is 0.599. The molecule has 0 spiro atoms.